The lowest BCUT2D eigenvalue weighted by Crippen LogP contribution is -2.40. The second-order valence-corrected chi connectivity index (χ2v) is 9.05. The molecular formula is C23H29ClN2OS. The van der Waals surface area contributed by atoms with E-state index < -0.39 is 0 Å². The molecule has 0 aliphatic carbocycles. The predicted octanol–water partition coefficient (Wildman–Crippen LogP) is 4.91. The molecule has 1 saturated heterocycles. The molecule has 2 aromatic carbocycles. The average Bonchev–Trinajstić information content (AvgIpc) is 2.68. The number of thioether (sulfide) groups is 1. The van der Waals surface area contributed by atoms with E-state index in [4.69, 9.17) is 11.6 Å². The van der Waals surface area contributed by atoms with Crippen LogP contribution in [0.15, 0.2) is 48.5 Å². The molecule has 0 aromatic heterocycles. The Labute approximate surface area is 177 Å². The normalized spacial score (nSPS) is 15.5. The van der Waals surface area contributed by atoms with Crippen LogP contribution in [0.5, 0.6) is 0 Å². The van der Waals surface area contributed by atoms with E-state index in [9.17, 15) is 4.79 Å². The van der Waals surface area contributed by atoms with E-state index in [-0.39, 0.29) is 11.8 Å². The summed E-state index contributed by atoms with van der Waals surface area (Å²) in [6, 6.07) is 16.6. The number of carbonyl (C=O) groups is 1. The summed E-state index contributed by atoms with van der Waals surface area (Å²) in [7, 11) is 0. The summed E-state index contributed by atoms with van der Waals surface area (Å²) in [5.41, 5.74) is 3.89. The van der Waals surface area contributed by atoms with Gasteiger partial charge >= 0.3 is 0 Å². The van der Waals surface area contributed by atoms with Crippen molar-refractivity contribution in [1.82, 2.24) is 10.2 Å². The molecule has 1 fully saturated rings. The molecular weight excluding hydrogens is 388 g/mol. The van der Waals surface area contributed by atoms with Gasteiger partial charge in [-0.15, -0.1) is 0 Å². The lowest BCUT2D eigenvalue weighted by Gasteiger charge is -2.31. The van der Waals surface area contributed by atoms with Crippen LogP contribution < -0.4 is 5.32 Å². The Morgan fingerprint density at radius 3 is 2.64 bits per heavy atom. The summed E-state index contributed by atoms with van der Waals surface area (Å²) < 4.78 is 0. The first kappa shape index (κ1) is 21.2. The number of nitrogens with zero attached hydrogens (tertiary/aromatic N) is 1. The van der Waals surface area contributed by atoms with Gasteiger partial charge in [0.05, 0.1) is 0 Å². The van der Waals surface area contributed by atoms with Gasteiger partial charge in [-0.1, -0.05) is 53.6 Å². The van der Waals surface area contributed by atoms with Gasteiger partial charge in [-0.2, -0.15) is 11.8 Å². The molecule has 2 aromatic rings. The highest BCUT2D eigenvalue weighted by Gasteiger charge is 2.24. The van der Waals surface area contributed by atoms with E-state index in [1.165, 1.54) is 16.7 Å². The van der Waals surface area contributed by atoms with E-state index >= 15 is 0 Å². The Balaban J connectivity index is 1.30. The van der Waals surface area contributed by atoms with Crippen molar-refractivity contribution in [3.8, 4) is 0 Å². The molecule has 0 spiro atoms. The number of rotatable bonds is 8. The largest absolute Gasteiger partial charge is 0.355 e. The maximum atomic E-state index is 12.4. The summed E-state index contributed by atoms with van der Waals surface area (Å²) in [5, 5.41) is 3.91. The number of halogens is 1. The number of piperidine rings is 1. The Kier molecular flexibility index (Phi) is 8.26. The first-order valence-corrected chi connectivity index (χ1v) is 11.5. The highest BCUT2D eigenvalue weighted by Crippen LogP contribution is 2.20. The SMILES string of the molecule is Cc1cccc(CSCCNC(=O)C2CCN(Cc3cccc(Cl)c3)CC2)c1. The summed E-state index contributed by atoms with van der Waals surface area (Å²) in [6.07, 6.45) is 1.87. The molecule has 1 aliphatic heterocycles. The highest BCUT2D eigenvalue weighted by molar-refractivity contribution is 7.98. The van der Waals surface area contributed by atoms with Crippen molar-refractivity contribution in [2.24, 2.45) is 5.92 Å². The number of likely N-dealkylation sites (tertiary alicyclic amines) is 1. The van der Waals surface area contributed by atoms with Crippen LogP contribution in [-0.2, 0) is 17.1 Å². The first-order valence-electron chi connectivity index (χ1n) is 9.98. The second kappa shape index (κ2) is 10.9. The van der Waals surface area contributed by atoms with Gasteiger partial charge in [-0.3, -0.25) is 9.69 Å². The van der Waals surface area contributed by atoms with Crippen LogP contribution in [0.3, 0.4) is 0 Å². The quantitative estimate of drug-likeness (QED) is 0.620. The molecule has 0 unspecified atom stereocenters. The van der Waals surface area contributed by atoms with Crippen molar-refractivity contribution in [1.29, 1.82) is 0 Å². The van der Waals surface area contributed by atoms with Crippen molar-refractivity contribution >= 4 is 29.3 Å². The van der Waals surface area contributed by atoms with E-state index in [2.05, 4.69) is 47.5 Å². The number of amides is 1. The molecule has 5 heteroatoms. The zero-order valence-corrected chi connectivity index (χ0v) is 18.1. The van der Waals surface area contributed by atoms with Gasteiger partial charge in [0.2, 0.25) is 5.91 Å². The fraction of sp³-hybridized carbons (Fsp3) is 0.435. The summed E-state index contributed by atoms with van der Waals surface area (Å²) in [4.78, 5) is 14.8. The molecule has 0 saturated carbocycles. The van der Waals surface area contributed by atoms with E-state index in [0.717, 1.165) is 55.5 Å². The average molecular weight is 417 g/mol. The molecule has 0 bridgehead atoms. The third-order valence-corrected chi connectivity index (χ3v) is 6.42. The second-order valence-electron chi connectivity index (χ2n) is 7.51. The molecule has 1 N–H and O–H groups in total. The maximum Gasteiger partial charge on any atom is 0.223 e. The molecule has 28 heavy (non-hydrogen) atoms. The molecule has 1 amide bonds. The third kappa shape index (κ3) is 6.84. The van der Waals surface area contributed by atoms with E-state index in [0.29, 0.717) is 0 Å². The van der Waals surface area contributed by atoms with Crippen molar-refractivity contribution in [2.45, 2.75) is 32.1 Å². The van der Waals surface area contributed by atoms with Crippen LogP contribution in [0.4, 0.5) is 0 Å². The Morgan fingerprint density at radius 1 is 1.14 bits per heavy atom. The van der Waals surface area contributed by atoms with Gasteiger partial charge in [0, 0.05) is 35.5 Å². The van der Waals surface area contributed by atoms with Crippen LogP contribution >= 0.6 is 23.4 Å². The summed E-state index contributed by atoms with van der Waals surface area (Å²) >= 11 is 7.94. The number of nitrogens with one attached hydrogen (secondary N) is 1. The van der Waals surface area contributed by atoms with Crippen molar-refractivity contribution in [3.63, 3.8) is 0 Å². The Morgan fingerprint density at radius 2 is 1.89 bits per heavy atom. The summed E-state index contributed by atoms with van der Waals surface area (Å²) in [6.45, 7) is 5.71. The van der Waals surface area contributed by atoms with Crippen LogP contribution in [0.2, 0.25) is 5.02 Å². The minimum absolute atomic E-state index is 0.150. The van der Waals surface area contributed by atoms with Gasteiger partial charge in [0.15, 0.2) is 0 Å². The first-order chi connectivity index (χ1) is 13.6. The van der Waals surface area contributed by atoms with Gasteiger partial charge < -0.3 is 5.32 Å². The molecule has 3 rings (SSSR count). The van der Waals surface area contributed by atoms with Gasteiger partial charge in [-0.05, 0) is 56.1 Å². The predicted molar refractivity (Wildman–Crippen MR) is 120 cm³/mol. The molecule has 0 atom stereocenters. The van der Waals surface area contributed by atoms with E-state index in [1.807, 2.05) is 30.0 Å². The van der Waals surface area contributed by atoms with Crippen LogP contribution in [-0.4, -0.2) is 36.2 Å². The smallest absolute Gasteiger partial charge is 0.223 e. The topological polar surface area (TPSA) is 32.3 Å². The van der Waals surface area contributed by atoms with Gasteiger partial charge in [-0.25, -0.2) is 0 Å². The third-order valence-electron chi connectivity index (χ3n) is 5.15. The van der Waals surface area contributed by atoms with Gasteiger partial charge in [0.25, 0.3) is 0 Å². The van der Waals surface area contributed by atoms with Crippen LogP contribution in [0, 0.1) is 12.8 Å². The lowest BCUT2D eigenvalue weighted by atomic mass is 9.95. The molecule has 1 aliphatic rings. The van der Waals surface area contributed by atoms with Crippen molar-refractivity contribution in [3.05, 3.63) is 70.2 Å². The van der Waals surface area contributed by atoms with Crippen LogP contribution in [0.25, 0.3) is 0 Å². The minimum atomic E-state index is 0.150. The van der Waals surface area contributed by atoms with Crippen LogP contribution in [0.1, 0.15) is 29.5 Å². The lowest BCUT2D eigenvalue weighted by molar-refractivity contribution is -0.126. The summed E-state index contributed by atoms with van der Waals surface area (Å²) in [5.74, 6) is 2.32. The van der Waals surface area contributed by atoms with Gasteiger partial charge in [0.1, 0.15) is 0 Å². The maximum absolute atomic E-state index is 12.4. The Hall–Kier alpha value is -1.49. The number of hydrogen-bond donors (Lipinski definition) is 1. The monoisotopic (exact) mass is 416 g/mol. The number of benzene rings is 2. The molecule has 150 valence electrons. The number of hydrogen-bond acceptors (Lipinski definition) is 3. The zero-order valence-electron chi connectivity index (χ0n) is 16.5. The number of aryl methyl sites for hydroxylation is 1. The molecule has 1 heterocycles. The minimum Gasteiger partial charge on any atom is -0.355 e. The van der Waals surface area contributed by atoms with Crippen molar-refractivity contribution < 1.29 is 4.79 Å². The fourth-order valence-corrected chi connectivity index (χ4v) is 4.65. The van der Waals surface area contributed by atoms with E-state index in [1.54, 1.807) is 0 Å². The number of carbonyl (C=O) groups excluding carboxylic acids is 1. The molecule has 0 radical (unpaired) electrons. The zero-order chi connectivity index (χ0) is 19.8. The fourth-order valence-electron chi connectivity index (χ4n) is 3.63. The molecule has 3 nitrogen and oxygen atoms in total. The van der Waals surface area contributed by atoms with Crippen molar-refractivity contribution in [2.75, 3.05) is 25.4 Å². The Bertz CT molecular complexity index is 775. The highest BCUT2D eigenvalue weighted by atomic mass is 35.5. The standard InChI is InChI=1S/C23H29ClN2OS/c1-18-4-2-6-20(14-18)17-28-13-10-25-23(27)21-8-11-26(12-9-21)16-19-5-3-7-22(24)15-19/h2-7,14-15,21H,8-13,16-17H2,1H3,(H,25,27).